The Bertz CT molecular complexity index is 2090. The van der Waals surface area contributed by atoms with E-state index in [-0.39, 0.29) is 10.8 Å². The Morgan fingerprint density at radius 3 is 1.75 bits per heavy atom. The molecule has 0 fully saturated rings. The highest BCUT2D eigenvalue weighted by atomic mass is 15.1. The maximum Gasteiger partial charge on any atom is 0.0465 e. The van der Waals surface area contributed by atoms with Crippen LogP contribution in [0.2, 0.25) is 0 Å². The monoisotopic (exact) mass is 569 g/mol. The summed E-state index contributed by atoms with van der Waals surface area (Å²) in [6.07, 6.45) is 2.14. The molecule has 0 N–H and O–H groups in total. The van der Waals surface area contributed by atoms with Crippen LogP contribution in [0.3, 0.4) is 0 Å². The second-order valence-electron chi connectivity index (χ2n) is 13.3. The van der Waals surface area contributed by atoms with Gasteiger partial charge < -0.3 is 4.90 Å². The first-order valence-corrected chi connectivity index (χ1v) is 16.1. The van der Waals surface area contributed by atoms with Crippen LogP contribution in [-0.2, 0) is 10.8 Å². The summed E-state index contributed by atoms with van der Waals surface area (Å²) in [7, 11) is 0. The Balaban J connectivity index is 1.34. The number of benzene rings is 6. The Morgan fingerprint density at radius 2 is 1.05 bits per heavy atom. The fourth-order valence-corrected chi connectivity index (χ4v) is 8.36. The van der Waals surface area contributed by atoms with E-state index in [9.17, 15) is 0 Å². The Labute approximate surface area is 261 Å². The Kier molecular flexibility index (Phi) is 5.94. The number of anilines is 3. The summed E-state index contributed by atoms with van der Waals surface area (Å²) >= 11 is 0. The van der Waals surface area contributed by atoms with Gasteiger partial charge in [-0.3, -0.25) is 0 Å². The molecule has 1 nitrogen and oxygen atoms in total. The summed E-state index contributed by atoms with van der Waals surface area (Å²) in [4.78, 5) is 2.47. The van der Waals surface area contributed by atoms with Gasteiger partial charge in [0.05, 0.1) is 0 Å². The van der Waals surface area contributed by atoms with Crippen LogP contribution < -0.4 is 4.90 Å². The van der Waals surface area contributed by atoms with Crippen molar-refractivity contribution in [3.8, 4) is 22.3 Å². The van der Waals surface area contributed by atoms with Crippen LogP contribution in [0.5, 0.6) is 0 Å². The van der Waals surface area contributed by atoms with Crippen molar-refractivity contribution in [1.82, 2.24) is 0 Å². The molecule has 1 heteroatoms. The molecule has 0 amide bonds. The van der Waals surface area contributed by atoms with Crippen LogP contribution in [0.25, 0.3) is 33.0 Å². The van der Waals surface area contributed by atoms with E-state index in [1.54, 1.807) is 0 Å². The summed E-state index contributed by atoms with van der Waals surface area (Å²) in [5.41, 5.74) is 16.0. The third-order valence-corrected chi connectivity index (χ3v) is 10.8. The minimum atomic E-state index is -0.0542. The zero-order valence-electron chi connectivity index (χ0n) is 26.4. The van der Waals surface area contributed by atoms with Gasteiger partial charge in [-0.1, -0.05) is 100 Å². The molecule has 0 radical (unpaired) electrons. The number of aryl methyl sites for hydroxylation is 1. The lowest BCUT2D eigenvalue weighted by Crippen LogP contribution is -2.23. The SMILES string of the molecule is CCC1(CC)c2cc(N(c3cccc(C)c3)c3ccc4c(c3)C(C)(C)c3ccccc3-4)ccc2-c2cc3ccccc3cc21. The van der Waals surface area contributed by atoms with Crippen LogP contribution in [0.1, 0.15) is 68.4 Å². The third-order valence-electron chi connectivity index (χ3n) is 10.8. The molecule has 0 bridgehead atoms. The molecule has 2 aliphatic rings. The molecule has 0 atom stereocenters. The lowest BCUT2D eigenvalue weighted by atomic mass is 9.73. The minimum absolute atomic E-state index is 0.00937. The van der Waals surface area contributed by atoms with Gasteiger partial charge in [0.15, 0.2) is 0 Å². The quantitative estimate of drug-likeness (QED) is 0.200. The molecule has 0 saturated carbocycles. The van der Waals surface area contributed by atoms with Crippen LogP contribution in [0.15, 0.2) is 121 Å². The van der Waals surface area contributed by atoms with Crippen molar-refractivity contribution >= 4 is 27.8 Å². The largest absolute Gasteiger partial charge is 0.310 e. The van der Waals surface area contributed by atoms with Gasteiger partial charge >= 0.3 is 0 Å². The minimum Gasteiger partial charge on any atom is -0.310 e. The molecule has 0 aromatic heterocycles. The van der Waals surface area contributed by atoms with Crippen molar-refractivity contribution in [3.63, 3.8) is 0 Å². The van der Waals surface area contributed by atoms with Crippen LogP contribution >= 0.6 is 0 Å². The number of nitrogens with zero attached hydrogens (tertiary/aromatic N) is 1. The molecule has 2 aliphatic carbocycles. The number of rotatable bonds is 5. The maximum atomic E-state index is 2.50. The molecule has 216 valence electrons. The average molecular weight is 570 g/mol. The van der Waals surface area contributed by atoms with Gasteiger partial charge in [-0.25, -0.2) is 0 Å². The van der Waals surface area contributed by atoms with Gasteiger partial charge in [0.1, 0.15) is 0 Å². The predicted octanol–water partition coefficient (Wildman–Crippen LogP) is 12.0. The van der Waals surface area contributed by atoms with Crippen LogP contribution in [0.4, 0.5) is 17.1 Å². The van der Waals surface area contributed by atoms with Gasteiger partial charge in [0.2, 0.25) is 0 Å². The van der Waals surface area contributed by atoms with Crippen LogP contribution in [-0.4, -0.2) is 0 Å². The van der Waals surface area contributed by atoms with Crippen molar-refractivity contribution < 1.29 is 0 Å². The Hall–Kier alpha value is -4.62. The molecule has 44 heavy (non-hydrogen) atoms. The van der Waals surface area contributed by atoms with Crippen molar-refractivity contribution in [2.24, 2.45) is 0 Å². The molecule has 0 aliphatic heterocycles. The zero-order valence-corrected chi connectivity index (χ0v) is 26.4. The second-order valence-corrected chi connectivity index (χ2v) is 13.3. The molecule has 0 spiro atoms. The van der Waals surface area contributed by atoms with Crippen molar-refractivity contribution in [2.75, 3.05) is 4.90 Å². The van der Waals surface area contributed by atoms with Gasteiger partial charge in [0, 0.05) is 27.9 Å². The molecular formula is C43H39N. The fraction of sp³-hybridized carbons (Fsp3) is 0.209. The smallest absolute Gasteiger partial charge is 0.0465 e. The van der Waals surface area contributed by atoms with Gasteiger partial charge in [0.25, 0.3) is 0 Å². The summed E-state index contributed by atoms with van der Waals surface area (Å²) in [6, 6.07) is 45.9. The third kappa shape index (κ3) is 3.72. The second kappa shape index (κ2) is 9.69. The molecular weight excluding hydrogens is 530 g/mol. The zero-order chi connectivity index (χ0) is 30.2. The van der Waals surface area contributed by atoms with Crippen LogP contribution in [0, 0.1) is 6.92 Å². The first kappa shape index (κ1) is 27.0. The highest BCUT2D eigenvalue weighted by Gasteiger charge is 2.41. The van der Waals surface area contributed by atoms with E-state index in [0.717, 1.165) is 12.8 Å². The van der Waals surface area contributed by atoms with E-state index in [1.807, 2.05) is 0 Å². The molecule has 8 rings (SSSR count). The van der Waals surface area contributed by atoms with E-state index >= 15 is 0 Å². The van der Waals surface area contributed by atoms with Crippen molar-refractivity contribution in [1.29, 1.82) is 0 Å². The van der Waals surface area contributed by atoms with Gasteiger partial charge in [-0.05, 0) is 129 Å². The van der Waals surface area contributed by atoms with Gasteiger partial charge in [-0.2, -0.15) is 0 Å². The normalized spacial score (nSPS) is 15.0. The molecule has 0 saturated heterocycles. The van der Waals surface area contributed by atoms with E-state index in [0.29, 0.717) is 0 Å². The molecule has 6 aromatic carbocycles. The lowest BCUT2D eigenvalue weighted by Gasteiger charge is -2.32. The molecule has 6 aromatic rings. The summed E-state index contributed by atoms with van der Waals surface area (Å²) < 4.78 is 0. The number of fused-ring (bicyclic) bond motifs is 7. The standard InChI is InChI=1S/C43H39N/c1-6-43(7-2)40-25-30-15-9-8-14-29(30)24-37(40)36-22-20-33(27-41(36)43)44(31-16-12-13-28(3)23-31)32-19-21-35-34-17-10-11-18-38(34)42(4,5)39(35)26-32/h8-27H,6-7H2,1-5H3. The van der Waals surface area contributed by atoms with E-state index in [1.165, 1.54) is 77.9 Å². The topological polar surface area (TPSA) is 3.24 Å². The van der Waals surface area contributed by atoms with Gasteiger partial charge in [-0.15, -0.1) is 0 Å². The fourth-order valence-electron chi connectivity index (χ4n) is 8.36. The van der Waals surface area contributed by atoms with E-state index in [2.05, 4.69) is 161 Å². The lowest BCUT2D eigenvalue weighted by molar-refractivity contribution is 0.491. The first-order valence-electron chi connectivity index (χ1n) is 16.1. The summed E-state index contributed by atoms with van der Waals surface area (Å²) in [5.74, 6) is 0. The van der Waals surface area contributed by atoms with Crippen molar-refractivity contribution in [2.45, 2.75) is 58.3 Å². The number of hydrogen-bond acceptors (Lipinski definition) is 1. The number of hydrogen-bond donors (Lipinski definition) is 0. The maximum absolute atomic E-state index is 2.50. The first-order chi connectivity index (χ1) is 21.4. The highest BCUT2D eigenvalue weighted by molar-refractivity contribution is 5.95. The molecule has 0 heterocycles. The van der Waals surface area contributed by atoms with E-state index < -0.39 is 0 Å². The molecule has 0 unspecified atom stereocenters. The summed E-state index contributed by atoms with van der Waals surface area (Å²) in [6.45, 7) is 11.6. The van der Waals surface area contributed by atoms with E-state index in [4.69, 9.17) is 0 Å². The Morgan fingerprint density at radius 1 is 0.477 bits per heavy atom. The summed E-state index contributed by atoms with van der Waals surface area (Å²) in [5, 5.41) is 2.64. The average Bonchev–Trinajstić information content (AvgIpc) is 3.44. The highest BCUT2D eigenvalue weighted by Crippen LogP contribution is 2.56. The van der Waals surface area contributed by atoms with Crippen molar-refractivity contribution in [3.05, 3.63) is 149 Å². The predicted molar refractivity (Wildman–Crippen MR) is 188 cm³/mol.